The highest BCUT2D eigenvalue weighted by Crippen LogP contribution is 2.33. The van der Waals surface area contributed by atoms with Crippen molar-refractivity contribution in [1.82, 2.24) is 9.29 Å². The Labute approximate surface area is 166 Å². The van der Waals surface area contributed by atoms with Gasteiger partial charge in [-0.25, -0.2) is 17.5 Å². The fourth-order valence-electron chi connectivity index (χ4n) is 2.99. The van der Waals surface area contributed by atoms with Gasteiger partial charge >= 0.3 is 0 Å². The Hall–Kier alpha value is -2.94. The molecule has 2 unspecified atom stereocenters. The van der Waals surface area contributed by atoms with Crippen LogP contribution in [0.2, 0.25) is 0 Å². The molecular weight excluding hydrogens is 403 g/mol. The van der Waals surface area contributed by atoms with Crippen LogP contribution in [0.1, 0.15) is 29.4 Å². The first kappa shape index (κ1) is 20.8. The van der Waals surface area contributed by atoms with Gasteiger partial charge in [-0.2, -0.15) is 5.26 Å². The fourth-order valence-corrected chi connectivity index (χ4v) is 4.44. The summed E-state index contributed by atoms with van der Waals surface area (Å²) >= 11 is 0. The Bertz CT molecular complexity index is 1110. The normalized spacial score (nSPS) is 18.7. The molecule has 29 heavy (non-hydrogen) atoms. The van der Waals surface area contributed by atoms with E-state index in [-0.39, 0.29) is 34.2 Å². The second kappa shape index (κ2) is 7.82. The molecule has 1 aromatic heterocycles. The van der Waals surface area contributed by atoms with Gasteiger partial charge in [0.2, 0.25) is 10.0 Å². The van der Waals surface area contributed by atoms with Crippen molar-refractivity contribution in [3.8, 4) is 11.8 Å². The number of aliphatic hydroxyl groups excluding tert-OH is 1. The zero-order valence-corrected chi connectivity index (χ0v) is 16.5. The van der Waals surface area contributed by atoms with Crippen LogP contribution in [0.5, 0.6) is 5.75 Å². The largest absolute Gasteiger partial charge is 0.488 e. The molecule has 1 aromatic carbocycles. The van der Waals surface area contributed by atoms with E-state index in [1.165, 1.54) is 29.9 Å². The van der Waals surface area contributed by atoms with Crippen molar-refractivity contribution < 1.29 is 27.4 Å². The van der Waals surface area contributed by atoms with E-state index in [2.05, 4.69) is 10.0 Å². The number of nitrogens with one attached hydrogen (secondary N) is 2. The first-order valence-electron chi connectivity index (χ1n) is 8.71. The zero-order chi connectivity index (χ0) is 21.3. The van der Waals surface area contributed by atoms with Crippen molar-refractivity contribution >= 4 is 21.6 Å². The second-order valence-corrected chi connectivity index (χ2v) is 8.24. The molecule has 11 heteroatoms. The molecule has 0 fully saturated rings. The van der Waals surface area contributed by atoms with Gasteiger partial charge in [0.25, 0.3) is 5.91 Å². The quantitative estimate of drug-likeness (QED) is 0.676. The molecule has 0 saturated carbocycles. The summed E-state index contributed by atoms with van der Waals surface area (Å²) in [4.78, 5) is 12.6. The molecule has 0 bridgehead atoms. The number of hydrogen-bond donors (Lipinski definition) is 3. The average Bonchev–Trinajstić information content (AvgIpc) is 2.96. The molecule has 154 valence electrons. The molecule has 0 spiro atoms. The van der Waals surface area contributed by atoms with Crippen LogP contribution in [0.25, 0.3) is 0 Å². The highest BCUT2D eigenvalue weighted by Gasteiger charge is 2.36. The van der Waals surface area contributed by atoms with E-state index in [1.807, 2.05) is 0 Å². The molecule has 2 atom stereocenters. The third-order valence-corrected chi connectivity index (χ3v) is 6.03. The topological polar surface area (TPSA) is 133 Å². The number of nitriles is 1. The van der Waals surface area contributed by atoms with Crippen molar-refractivity contribution in [2.24, 2.45) is 7.05 Å². The number of sulfonamides is 1. The molecular formula is C18H19FN4O5S. The lowest BCUT2D eigenvalue weighted by Gasteiger charge is -2.20. The number of nitrogens with zero attached hydrogens (tertiary/aromatic N) is 2. The van der Waals surface area contributed by atoms with E-state index in [9.17, 15) is 22.7 Å². The third kappa shape index (κ3) is 3.95. The number of aliphatic hydroxyl groups is 1. The fraction of sp³-hybridized carbons (Fsp3) is 0.333. The van der Waals surface area contributed by atoms with Gasteiger partial charge in [-0.3, -0.25) is 4.79 Å². The third-order valence-electron chi connectivity index (χ3n) is 4.55. The van der Waals surface area contributed by atoms with E-state index < -0.39 is 33.9 Å². The monoisotopic (exact) mass is 422 g/mol. The van der Waals surface area contributed by atoms with Crippen LogP contribution in [0.3, 0.4) is 0 Å². The summed E-state index contributed by atoms with van der Waals surface area (Å²) in [7, 11) is -2.56. The van der Waals surface area contributed by atoms with Crippen molar-refractivity contribution in [3.63, 3.8) is 0 Å². The molecule has 3 rings (SSSR count). The molecule has 9 nitrogen and oxygen atoms in total. The van der Waals surface area contributed by atoms with Crippen molar-refractivity contribution in [2.75, 3.05) is 11.9 Å². The number of aromatic nitrogens is 1. The smallest absolute Gasteiger partial charge is 0.276 e. The molecule has 0 radical (unpaired) electrons. The van der Waals surface area contributed by atoms with Gasteiger partial charge in [-0.15, -0.1) is 0 Å². The molecule has 0 aliphatic carbocycles. The number of ether oxygens (including phenoxy) is 1. The number of anilines is 1. The predicted molar refractivity (Wildman–Crippen MR) is 100 cm³/mol. The molecule has 1 amide bonds. The Morgan fingerprint density at radius 2 is 2.28 bits per heavy atom. The molecule has 1 aliphatic heterocycles. The van der Waals surface area contributed by atoms with E-state index in [1.54, 1.807) is 13.0 Å². The summed E-state index contributed by atoms with van der Waals surface area (Å²) < 4.78 is 48.1. The predicted octanol–water partition coefficient (Wildman–Crippen LogP) is 1.10. The highest BCUT2D eigenvalue weighted by molar-refractivity contribution is 7.89. The molecule has 0 saturated heterocycles. The maximum absolute atomic E-state index is 13.5. The van der Waals surface area contributed by atoms with Crippen LogP contribution in [-0.2, 0) is 17.1 Å². The van der Waals surface area contributed by atoms with E-state index in [0.29, 0.717) is 6.42 Å². The van der Waals surface area contributed by atoms with Gasteiger partial charge in [0, 0.05) is 18.9 Å². The summed E-state index contributed by atoms with van der Waals surface area (Å²) in [6, 6.07) is 4.30. The van der Waals surface area contributed by atoms with Crippen LogP contribution < -0.4 is 14.8 Å². The molecule has 2 aromatic rings. The lowest BCUT2D eigenvalue weighted by molar-refractivity contribution is 0.0991. The number of carbonyl (C=O) groups is 1. The van der Waals surface area contributed by atoms with Gasteiger partial charge in [-0.1, -0.05) is 6.92 Å². The SMILES string of the molecule is CCC(O)C1COc2c(cn(C)c2C(=O)Nc2ccc(F)c(C#N)c2)S(=O)(=O)N1. The van der Waals surface area contributed by atoms with Crippen LogP contribution in [0.15, 0.2) is 29.3 Å². The minimum Gasteiger partial charge on any atom is -0.488 e. The maximum atomic E-state index is 13.5. The number of rotatable bonds is 4. The number of fused-ring (bicyclic) bond motifs is 1. The van der Waals surface area contributed by atoms with Crippen LogP contribution in [0.4, 0.5) is 10.1 Å². The summed E-state index contributed by atoms with van der Waals surface area (Å²) in [5, 5.41) is 21.4. The summed E-state index contributed by atoms with van der Waals surface area (Å²) in [6.07, 6.45) is 0.593. The maximum Gasteiger partial charge on any atom is 0.276 e. The lowest BCUT2D eigenvalue weighted by atomic mass is 10.1. The van der Waals surface area contributed by atoms with Crippen LogP contribution in [-0.4, -0.2) is 42.8 Å². The van der Waals surface area contributed by atoms with Gasteiger partial charge in [-0.05, 0) is 24.6 Å². The van der Waals surface area contributed by atoms with Crippen molar-refractivity contribution in [1.29, 1.82) is 5.26 Å². The second-order valence-electron chi connectivity index (χ2n) is 6.56. The standard InChI is InChI=1S/C18H19FN4O5S/c1-3-14(24)13-9-28-17-15(29(26,27)22-13)8-23(2)16(17)18(25)21-11-4-5-12(19)10(6-11)7-20/h4-6,8,13-14,22,24H,3,9H2,1-2H3,(H,21,25). The first-order valence-corrected chi connectivity index (χ1v) is 10.2. The van der Waals surface area contributed by atoms with Crippen molar-refractivity contribution in [3.05, 3.63) is 41.5 Å². The number of amides is 1. The summed E-state index contributed by atoms with van der Waals surface area (Å²) in [5.41, 5.74) is -0.149. The van der Waals surface area contributed by atoms with Gasteiger partial charge in [0.05, 0.1) is 17.7 Å². The minimum atomic E-state index is -4.04. The van der Waals surface area contributed by atoms with E-state index in [4.69, 9.17) is 10.00 Å². The molecule has 2 heterocycles. The summed E-state index contributed by atoms with van der Waals surface area (Å²) in [6.45, 7) is 1.54. The number of halogens is 1. The van der Waals surface area contributed by atoms with Gasteiger partial charge < -0.3 is 19.7 Å². The molecule has 1 aliphatic rings. The number of aryl methyl sites for hydroxylation is 1. The summed E-state index contributed by atoms with van der Waals surface area (Å²) in [5.74, 6) is -1.57. The highest BCUT2D eigenvalue weighted by atomic mass is 32.2. The number of hydrogen-bond acceptors (Lipinski definition) is 6. The van der Waals surface area contributed by atoms with Crippen LogP contribution in [0, 0.1) is 17.1 Å². The number of carbonyl (C=O) groups excluding carboxylic acids is 1. The Morgan fingerprint density at radius 1 is 1.55 bits per heavy atom. The van der Waals surface area contributed by atoms with E-state index in [0.717, 1.165) is 6.07 Å². The Morgan fingerprint density at radius 3 is 2.93 bits per heavy atom. The van der Waals surface area contributed by atoms with Crippen LogP contribution >= 0.6 is 0 Å². The van der Waals surface area contributed by atoms with E-state index >= 15 is 0 Å². The average molecular weight is 422 g/mol. The lowest BCUT2D eigenvalue weighted by Crippen LogP contribution is -2.45. The number of benzene rings is 1. The minimum absolute atomic E-state index is 0.0696. The zero-order valence-electron chi connectivity index (χ0n) is 15.6. The van der Waals surface area contributed by atoms with Crippen molar-refractivity contribution in [2.45, 2.75) is 30.4 Å². The Balaban J connectivity index is 1.96. The van der Waals surface area contributed by atoms with Gasteiger partial charge in [0.1, 0.15) is 23.4 Å². The van der Waals surface area contributed by atoms with Gasteiger partial charge in [0.15, 0.2) is 11.4 Å². The Kier molecular flexibility index (Phi) is 5.61. The first-order chi connectivity index (χ1) is 13.7. The molecule has 3 N–H and O–H groups in total.